The number of nitrogens with one attached hydrogen (secondary N) is 1. The van der Waals surface area contributed by atoms with Crippen molar-refractivity contribution < 1.29 is 5.11 Å². The van der Waals surface area contributed by atoms with Gasteiger partial charge in [0.25, 0.3) is 0 Å². The average Bonchev–Trinajstić information content (AvgIpc) is 2.87. The molecule has 0 heterocycles. The Labute approximate surface area is 79.1 Å². The maximum Gasteiger partial charge on any atom is 0.0438 e. The Morgan fingerprint density at radius 3 is 2.67 bits per heavy atom. The zero-order valence-corrected chi connectivity index (χ0v) is 8.41. The highest BCUT2D eigenvalue weighted by atomic mass is 32.2. The van der Waals surface area contributed by atoms with Gasteiger partial charge in [-0.3, -0.25) is 0 Å². The number of rotatable bonds is 8. The first-order valence-electron chi connectivity index (χ1n) is 4.85. The van der Waals surface area contributed by atoms with Gasteiger partial charge in [-0.25, -0.2) is 0 Å². The second-order valence-electron chi connectivity index (χ2n) is 3.27. The second-order valence-corrected chi connectivity index (χ2v) is 4.50. The SMILES string of the molecule is OCCCSCCCNC1CC1. The van der Waals surface area contributed by atoms with Gasteiger partial charge in [0.2, 0.25) is 0 Å². The maximum atomic E-state index is 8.52. The van der Waals surface area contributed by atoms with Crippen LogP contribution in [0.2, 0.25) is 0 Å². The fourth-order valence-electron chi connectivity index (χ4n) is 1.04. The van der Waals surface area contributed by atoms with Crippen LogP contribution in [0.4, 0.5) is 0 Å². The molecule has 0 unspecified atom stereocenters. The van der Waals surface area contributed by atoms with Crippen molar-refractivity contribution in [2.75, 3.05) is 24.7 Å². The molecule has 1 saturated carbocycles. The quantitative estimate of drug-likeness (QED) is 0.564. The minimum Gasteiger partial charge on any atom is -0.396 e. The predicted molar refractivity (Wildman–Crippen MR) is 54.7 cm³/mol. The van der Waals surface area contributed by atoms with E-state index in [1.54, 1.807) is 0 Å². The van der Waals surface area contributed by atoms with E-state index in [0.717, 1.165) is 18.2 Å². The molecular formula is C9H19NOS. The Morgan fingerprint density at radius 1 is 1.25 bits per heavy atom. The van der Waals surface area contributed by atoms with Crippen LogP contribution < -0.4 is 5.32 Å². The van der Waals surface area contributed by atoms with Crippen molar-refractivity contribution in [2.24, 2.45) is 0 Å². The van der Waals surface area contributed by atoms with Crippen LogP contribution >= 0.6 is 11.8 Å². The summed E-state index contributed by atoms with van der Waals surface area (Å²) in [6.45, 7) is 1.52. The van der Waals surface area contributed by atoms with E-state index in [0.29, 0.717) is 6.61 Å². The van der Waals surface area contributed by atoms with E-state index in [-0.39, 0.29) is 0 Å². The molecule has 0 aliphatic heterocycles. The predicted octanol–water partition coefficient (Wildman–Crippen LogP) is 1.24. The molecule has 3 heteroatoms. The van der Waals surface area contributed by atoms with Crippen molar-refractivity contribution in [2.45, 2.75) is 31.7 Å². The van der Waals surface area contributed by atoms with Gasteiger partial charge < -0.3 is 10.4 Å². The van der Waals surface area contributed by atoms with Crippen LogP contribution in [0.25, 0.3) is 0 Å². The number of aliphatic hydroxyl groups excluding tert-OH is 1. The largest absolute Gasteiger partial charge is 0.396 e. The van der Waals surface area contributed by atoms with Gasteiger partial charge in [0.15, 0.2) is 0 Å². The van der Waals surface area contributed by atoms with Crippen LogP contribution in [-0.4, -0.2) is 35.8 Å². The summed E-state index contributed by atoms with van der Waals surface area (Å²) in [5.41, 5.74) is 0. The molecule has 1 aliphatic carbocycles. The van der Waals surface area contributed by atoms with Crippen LogP contribution in [0, 0.1) is 0 Å². The van der Waals surface area contributed by atoms with Crippen molar-refractivity contribution in [1.29, 1.82) is 0 Å². The van der Waals surface area contributed by atoms with Gasteiger partial charge in [-0.05, 0) is 43.7 Å². The molecule has 0 aromatic heterocycles. The summed E-state index contributed by atoms with van der Waals surface area (Å²) >= 11 is 1.95. The van der Waals surface area contributed by atoms with Crippen molar-refractivity contribution in [3.05, 3.63) is 0 Å². The van der Waals surface area contributed by atoms with Crippen molar-refractivity contribution in [1.82, 2.24) is 5.32 Å². The highest BCUT2D eigenvalue weighted by molar-refractivity contribution is 7.99. The molecule has 1 rings (SSSR count). The number of thioether (sulfide) groups is 1. The molecule has 0 amide bonds. The number of hydrogen-bond acceptors (Lipinski definition) is 3. The van der Waals surface area contributed by atoms with E-state index in [4.69, 9.17) is 5.11 Å². The molecule has 12 heavy (non-hydrogen) atoms. The summed E-state index contributed by atoms with van der Waals surface area (Å²) < 4.78 is 0. The van der Waals surface area contributed by atoms with E-state index in [1.165, 1.54) is 31.6 Å². The fourth-order valence-corrected chi connectivity index (χ4v) is 1.92. The van der Waals surface area contributed by atoms with Crippen LogP contribution in [0.5, 0.6) is 0 Å². The Balaban J connectivity index is 1.65. The highest BCUT2D eigenvalue weighted by Crippen LogP contribution is 2.18. The number of hydrogen-bond donors (Lipinski definition) is 2. The van der Waals surface area contributed by atoms with Gasteiger partial charge in [-0.1, -0.05) is 0 Å². The highest BCUT2D eigenvalue weighted by Gasteiger charge is 2.19. The van der Waals surface area contributed by atoms with E-state index < -0.39 is 0 Å². The first kappa shape index (κ1) is 10.4. The normalized spacial score (nSPS) is 16.8. The van der Waals surface area contributed by atoms with E-state index in [1.807, 2.05) is 11.8 Å². The van der Waals surface area contributed by atoms with E-state index in [9.17, 15) is 0 Å². The minimum atomic E-state index is 0.341. The lowest BCUT2D eigenvalue weighted by atomic mass is 10.5. The molecule has 0 saturated heterocycles. The van der Waals surface area contributed by atoms with Gasteiger partial charge in [0.05, 0.1) is 0 Å². The Bertz CT molecular complexity index is 107. The summed E-state index contributed by atoms with van der Waals surface area (Å²) in [5.74, 6) is 2.35. The Kier molecular flexibility index (Phi) is 5.82. The van der Waals surface area contributed by atoms with Crippen molar-refractivity contribution in [3.8, 4) is 0 Å². The summed E-state index contributed by atoms with van der Waals surface area (Å²) in [4.78, 5) is 0. The lowest BCUT2D eigenvalue weighted by molar-refractivity contribution is 0.296. The second kappa shape index (κ2) is 6.75. The zero-order chi connectivity index (χ0) is 8.65. The van der Waals surface area contributed by atoms with Gasteiger partial charge in [-0.15, -0.1) is 0 Å². The van der Waals surface area contributed by atoms with Gasteiger partial charge in [0, 0.05) is 12.6 Å². The van der Waals surface area contributed by atoms with Gasteiger partial charge in [-0.2, -0.15) is 11.8 Å². The summed E-state index contributed by atoms with van der Waals surface area (Å²) in [5, 5.41) is 12.0. The van der Waals surface area contributed by atoms with Gasteiger partial charge >= 0.3 is 0 Å². The maximum absolute atomic E-state index is 8.52. The lowest BCUT2D eigenvalue weighted by Gasteiger charge is -2.01. The van der Waals surface area contributed by atoms with Crippen LogP contribution in [0.1, 0.15) is 25.7 Å². The van der Waals surface area contributed by atoms with Gasteiger partial charge in [0.1, 0.15) is 0 Å². The van der Waals surface area contributed by atoms with Crippen LogP contribution in [-0.2, 0) is 0 Å². The molecule has 1 aliphatic rings. The smallest absolute Gasteiger partial charge is 0.0438 e. The standard InChI is InChI=1S/C9H19NOS/c11-6-2-8-12-7-1-5-10-9-3-4-9/h9-11H,1-8H2. The summed E-state index contributed by atoms with van der Waals surface area (Å²) in [6.07, 6.45) is 4.99. The minimum absolute atomic E-state index is 0.341. The molecule has 72 valence electrons. The van der Waals surface area contributed by atoms with E-state index in [2.05, 4.69) is 5.32 Å². The van der Waals surface area contributed by atoms with Crippen molar-refractivity contribution in [3.63, 3.8) is 0 Å². The molecule has 0 aromatic rings. The fraction of sp³-hybridized carbons (Fsp3) is 1.00. The molecule has 0 spiro atoms. The third-order valence-corrected chi connectivity index (χ3v) is 3.08. The Hall–Kier alpha value is 0.270. The number of aliphatic hydroxyl groups is 1. The zero-order valence-electron chi connectivity index (χ0n) is 7.59. The molecule has 0 bridgehead atoms. The summed E-state index contributed by atoms with van der Waals surface area (Å²) in [6, 6.07) is 0.854. The molecule has 2 N–H and O–H groups in total. The summed E-state index contributed by atoms with van der Waals surface area (Å²) in [7, 11) is 0. The first-order valence-corrected chi connectivity index (χ1v) is 6.01. The first-order chi connectivity index (χ1) is 5.93. The molecule has 0 aromatic carbocycles. The lowest BCUT2D eigenvalue weighted by Crippen LogP contribution is -2.17. The monoisotopic (exact) mass is 189 g/mol. The molecule has 0 radical (unpaired) electrons. The topological polar surface area (TPSA) is 32.3 Å². The molecular weight excluding hydrogens is 170 g/mol. The van der Waals surface area contributed by atoms with Crippen LogP contribution in [0.3, 0.4) is 0 Å². The van der Waals surface area contributed by atoms with Crippen LogP contribution in [0.15, 0.2) is 0 Å². The molecule has 1 fully saturated rings. The molecule has 0 atom stereocenters. The van der Waals surface area contributed by atoms with E-state index >= 15 is 0 Å². The Morgan fingerprint density at radius 2 is 2.00 bits per heavy atom. The third kappa shape index (κ3) is 5.86. The molecule has 2 nitrogen and oxygen atoms in total. The average molecular weight is 189 g/mol. The van der Waals surface area contributed by atoms with Crippen molar-refractivity contribution >= 4 is 11.8 Å². The third-order valence-electron chi connectivity index (χ3n) is 1.92.